The molecule has 0 aliphatic carbocycles. The van der Waals surface area contributed by atoms with E-state index in [-0.39, 0.29) is 17.6 Å². The Morgan fingerprint density at radius 3 is 2.31 bits per heavy atom. The van der Waals surface area contributed by atoms with Crippen molar-refractivity contribution in [2.24, 2.45) is 0 Å². The van der Waals surface area contributed by atoms with E-state index < -0.39 is 0 Å². The molecular formula is C22H26FN3O2S. The second-order valence-corrected chi connectivity index (χ2v) is 8.18. The van der Waals surface area contributed by atoms with Crippen LogP contribution in [-0.2, 0) is 15.3 Å². The number of anilines is 1. The lowest BCUT2D eigenvalue weighted by Crippen LogP contribution is -2.50. The van der Waals surface area contributed by atoms with E-state index in [1.165, 1.54) is 23.9 Å². The highest BCUT2D eigenvalue weighted by Crippen LogP contribution is 2.14. The van der Waals surface area contributed by atoms with E-state index in [2.05, 4.69) is 10.2 Å². The topological polar surface area (TPSA) is 52.7 Å². The van der Waals surface area contributed by atoms with E-state index in [0.717, 1.165) is 16.8 Å². The van der Waals surface area contributed by atoms with Crippen molar-refractivity contribution < 1.29 is 14.0 Å². The zero-order chi connectivity index (χ0) is 20.6. The van der Waals surface area contributed by atoms with Gasteiger partial charge in [0.15, 0.2) is 0 Å². The van der Waals surface area contributed by atoms with Gasteiger partial charge < -0.3 is 10.2 Å². The molecule has 0 radical (unpaired) electrons. The predicted molar refractivity (Wildman–Crippen MR) is 115 cm³/mol. The summed E-state index contributed by atoms with van der Waals surface area (Å²) in [4.78, 5) is 28.5. The van der Waals surface area contributed by atoms with Crippen LogP contribution >= 0.6 is 11.8 Å². The lowest BCUT2D eigenvalue weighted by atomic mass is 10.2. The predicted octanol–water partition coefficient (Wildman–Crippen LogP) is 3.15. The van der Waals surface area contributed by atoms with Gasteiger partial charge in [-0.25, -0.2) is 4.39 Å². The Bertz CT molecular complexity index is 819. The molecule has 7 heteroatoms. The van der Waals surface area contributed by atoms with Crippen molar-refractivity contribution in [3.63, 3.8) is 0 Å². The van der Waals surface area contributed by atoms with Gasteiger partial charge in [0.2, 0.25) is 11.8 Å². The summed E-state index contributed by atoms with van der Waals surface area (Å²) in [6, 6.07) is 14.1. The summed E-state index contributed by atoms with van der Waals surface area (Å²) < 4.78 is 12.9. The number of thioether (sulfide) groups is 1. The number of aryl methyl sites for hydroxylation is 1. The molecular weight excluding hydrogens is 389 g/mol. The minimum atomic E-state index is -0.250. The number of hydrogen-bond donors (Lipinski definition) is 1. The van der Waals surface area contributed by atoms with E-state index in [1.54, 1.807) is 12.1 Å². The first-order valence-electron chi connectivity index (χ1n) is 9.68. The molecule has 29 heavy (non-hydrogen) atoms. The number of nitrogens with one attached hydrogen (secondary N) is 1. The molecule has 1 heterocycles. The van der Waals surface area contributed by atoms with E-state index in [4.69, 9.17) is 0 Å². The lowest BCUT2D eigenvalue weighted by Gasteiger charge is -2.34. The average molecular weight is 416 g/mol. The minimum absolute atomic E-state index is 0.0384. The van der Waals surface area contributed by atoms with E-state index >= 15 is 0 Å². The van der Waals surface area contributed by atoms with Crippen LogP contribution in [0, 0.1) is 12.7 Å². The van der Waals surface area contributed by atoms with Crippen LogP contribution in [0.2, 0.25) is 0 Å². The first-order valence-corrected chi connectivity index (χ1v) is 10.8. The minimum Gasteiger partial charge on any atom is -0.339 e. The highest BCUT2D eigenvalue weighted by molar-refractivity contribution is 7.99. The van der Waals surface area contributed by atoms with E-state index in [9.17, 15) is 14.0 Å². The Morgan fingerprint density at radius 2 is 1.66 bits per heavy atom. The maximum atomic E-state index is 12.9. The van der Waals surface area contributed by atoms with Gasteiger partial charge in [0, 0.05) is 37.6 Å². The number of carbonyl (C=O) groups excluding carboxylic acids is 2. The molecule has 2 amide bonds. The average Bonchev–Trinajstić information content (AvgIpc) is 2.71. The van der Waals surface area contributed by atoms with Crippen LogP contribution in [0.25, 0.3) is 0 Å². The van der Waals surface area contributed by atoms with Crippen LogP contribution in [0.1, 0.15) is 11.1 Å². The molecule has 0 atom stereocenters. The highest BCUT2D eigenvalue weighted by Gasteiger charge is 2.22. The van der Waals surface area contributed by atoms with Gasteiger partial charge in [-0.1, -0.05) is 29.8 Å². The molecule has 154 valence electrons. The Balaban J connectivity index is 1.34. The molecule has 1 saturated heterocycles. The van der Waals surface area contributed by atoms with Crippen LogP contribution in [0.3, 0.4) is 0 Å². The molecule has 0 saturated carbocycles. The van der Waals surface area contributed by atoms with Gasteiger partial charge >= 0.3 is 0 Å². The zero-order valence-corrected chi connectivity index (χ0v) is 17.4. The van der Waals surface area contributed by atoms with Crippen molar-refractivity contribution in [2.75, 3.05) is 43.8 Å². The van der Waals surface area contributed by atoms with Gasteiger partial charge in [0.25, 0.3) is 0 Å². The van der Waals surface area contributed by atoms with Gasteiger partial charge in [-0.3, -0.25) is 14.5 Å². The Morgan fingerprint density at radius 1 is 1.00 bits per heavy atom. The lowest BCUT2D eigenvalue weighted by molar-refractivity contribution is -0.130. The van der Waals surface area contributed by atoms with Crippen LogP contribution in [0.15, 0.2) is 48.5 Å². The van der Waals surface area contributed by atoms with Crippen molar-refractivity contribution in [3.05, 3.63) is 65.5 Å². The molecule has 1 N–H and O–H groups in total. The highest BCUT2D eigenvalue weighted by atomic mass is 32.2. The molecule has 0 unspecified atom stereocenters. The van der Waals surface area contributed by atoms with Gasteiger partial charge in [-0.15, -0.1) is 11.8 Å². The van der Waals surface area contributed by atoms with Crippen molar-refractivity contribution in [3.8, 4) is 0 Å². The van der Waals surface area contributed by atoms with E-state index in [0.29, 0.717) is 44.2 Å². The number of piperazine rings is 1. The Hall–Kier alpha value is -2.38. The Kier molecular flexibility index (Phi) is 7.66. The van der Waals surface area contributed by atoms with Gasteiger partial charge in [0.1, 0.15) is 5.82 Å². The van der Waals surface area contributed by atoms with Gasteiger partial charge in [-0.05, 0) is 36.8 Å². The normalized spacial score (nSPS) is 14.6. The molecule has 0 bridgehead atoms. The monoisotopic (exact) mass is 415 g/mol. The third kappa shape index (κ3) is 6.87. The van der Waals surface area contributed by atoms with Crippen molar-refractivity contribution in [1.29, 1.82) is 0 Å². The molecule has 5 nitrogen and oxygen atoms in total. The van der Waals surface area contributed by atoms with Gasteiger partial charge in [0.05, 0.1) is 12.3 Å². The molecule has 1 aliphatic heterocycles. The van der Waals surface area contributed by atoms with Gasteiger partial charge in [-0.2, -0.15) is 0 Å². The number of carbonyl (C=O) groups is 2. The summed E-state index contributed by atoms with van der Waals surface area (Å²) in [5.74, 6) is 0.917. The summed E-state index contributed by atoms with van der Waals surface area (Å²) in [5.41, 5.74) is 2.96. The molecule has 1 fully saturated rings. The molecule has 2 aromatic carbocycles. The van der Waals surface area contributed by atoms with Crippen molar-refractivity contribution in [1.82, 2.24) is 9.80 Å². The molecule has 1 aliphatic rings. The standard InChI is InChI=1S/C22H26FN3O2S/c1-17-2-8-20(9-3-17)24-21(27)14-25-10-12-26(13-11-25)22(28)16-29-15-18-4-6-19(23)7-5-18/h2-9H,10-16H2,1H3,(H,24,27). The number of hydrogen-bond acceptors (Lipinski definition) is 4. The number of amides is 2. The van der Waals surface area contributed by atoms with Crippen molar-refractivity contribution >= 4 is 29.3 Å². The zero-order valence-electron chi connectivity index (χ0n) is 16.6. The maximum absolute atomic E-state index is 12.9. The summed E-state index contributed by atoms with van der Waals surface area (Å²) in [6.45, 7) is 4.98. The molecule has 2 aromatic rings. The van der Waals surface area contributed by atoms with Crippen LogP contribution in [0.5, 0.6) is 0 Å². The largest absolute Gasteiger partial charge is 0.339 e. The van der Waals surface area contributed by atoms with Crippen molar-refractivity contribution in [2.45, 2.75) is 12.7 Å². The smallest absolute Gasteiger partial charge is 0.238 e. The second-order valence-electron chi connectivity index (χ2n) is 7.19. The fourth-order valence-electron chi connectivity index (χ4n) is 3.12. The SMILES string of the molecule is Cc1ccc(NC(=O)CN2CCN(C(=O)CSCc3ccc(F)cc3)CC2)cc1. The van der Waals surface area contributed by atoms with Crippen LogP contribution < -0.4 is 5.32 Å². The van der Waals surface area contributed by atoms with E-state index in [1.807, 2.05) is 36.1 Å². The van der Waals surface area contributed by atoms with Crippen LogP contribution in [-0.4, -0.2) is 60.1 Å². The molecule has 0 aromatic heterocycles. The summed E-state index contributed by atoms with van der Waals surface area (Å²) in [7, 11) is 0. The number of halogens is 1. The summed E-state index contributed by atoms with van der Waals surface area (Å²) in [6.07, 6.45) is 0. The number of nitrogens with zero attached hydrogens (tertiary/aromatic N) is 2. The Labute approximate surface area is 175 Å². The third-order valence-electron chi connectivity index (χ3n) is 4.84. The second kappa shape index (κ2) is 10.4. The quantitative estimate of drug-likeness (QED) is 0.755. The summed E-state index contributed by atoms with van der Waals surface area (Å²) >= 11 is 1.54. The first-order chi connectivity index (χ1) is 14.0. The fourth-order valence-corrected chi connectivity index (χ4v) is 4.01. The fraction of sp³-hybridized carbons (Fsp3) is 0.364. The molecule has 3 rings (SSSR count). The third-order valence-corrected chi connectivity index (χ3v) is 5.82. The summed E-state index contributed by atoms with van der Waals surface area (Å²) in [5, 5.41) is 2.91. The number of rotatable bonds is 7. The number of benzene rings is 2. The first kappa shape index (κ1) is 21.3. The van der Waals surface area contributed by atoms with Crippen LogP contribution in [0.4, 0.5) is 10.1 Å². The maximum Gasteiger partial charge on any atom is 0.238 e. The molecule has 0 spiro atoms.